The van der Waals surface area contributed by atoms with Crippen molar-refractivity contribution in [1.82, 2.24) is 23.7 Å². The Morgan fingerprint density at radius 3 is 1.52 bits per heavy atom. The molecule has 0 aliphatic heterocycles. The van der Waals surface area contributed by atoms with Crippen LogP contribution in [-0.2, 0) is 0 Å². The molecular formula is C58H37N5. The summed E-state index contributed by atoms with van der Waals surface area (Å²) < 4.78 is 7.30. The van der Waals surface area contributed by atoms with Crippen LogP contribution in [0.5, 0.6) is 0 Å². The van der Waals surface area contributed by atoms with Gasteiger partial charge in [0.05, 0.1) is 44.5 Å². The molecule has 0 unspecified atom stereocenters. The van der Waals surface area contributed by atoms with Crippen molar-refractivity contribution in [3.8, 4) is 51.0 Å². The van der Waals surface area contributed by atoms with Crippen LogP contribution in [0.1, 0.15) is 0 Å². The number of para-hydroxylation sites is 4. The van der Waals surface area contributed by atoms with Gasteiger partial charge in [-0.05, 0) is 72.8 Å². The molecule has 0 saturated heterocycles. The molecule has 4 aromatic heterocycles. The Morgan fingerprint density at radius 1 is 0.286 bits per heavy atom. The summed E-state index contributed by atoms with van der Waals surface area (Å²) in [5.41, 5.74) is 15.1. The fourth-order valence-electron chi connectivity index (χ4n) is 9.96. The van der Waals surface area contributed by atoms with E-state index in [-0.39, 0.29) is 0 Å². The van der Waals surface area contributed by atoms with E-state index in [0.717, 1.165) is 72.5 Å². The van der Waals surface area contributed by atoms with Crippen molar-refractivity contribution in [2.75, 3.05) is 0 Å². The second-order valence-corrected chi connectivity index (χ2v) is 16.2. The lowest BCUT2D eigenvalue weighted by atomic mass is 10.0. The predicted octanol–water partition coefficient (Wildman–Crippen LogP) is 14.8. The summed E-state index contributed by atoms with van der Waals surface area (Å²) in [6.07, 6.45) is 0. The number of nitrogens with zero attached hydrogens (tertiary/aromatic N) is 5. The normalized spacial score (nSPS) is 11.8. The summed E-state index contributed by atoms with van der Waals surface area (Å²) in [7, 11) is 0. The average molecular weight is 804 g/mol. The number of hydrogen-bond acceptors (Lipinski definition) is 2. The molecule has 0 bridgehead atoms. The maximum atomic E-state index is 5.37. The Morgan fingerprint density at radius 2 is 0.810 bits per heavy atom. The zero-order valence-electron chi connectivity index (χ0n) is 34.1. The first-order valence-corrected chi connectivity index (χ1v) is 21.4. The molecule has 0 atom stereocenters. The molecule has 13 rings (SSSR count). The lowest BCUT2D eigenvalue weighted by molar-refractivity contribution is 1.16. The average Bonchev–Trinajstić information content (AvgIpc) is 4.00. The number of benzene rings is 9. The Kier molecular flexibility index (Phi) is 7.84. The molecule has 0 N–H and O–H groups in total. The van der Waals surface area contributed by atoms with Gasteiger partial charge in [-0.3, -0.25) is 0 Å². The minimum absolute atomic E-state index is 0.696. The highest BCUT2D eigenvalue weighted by Crippen LogP contribution is 2.46. The molecular weight excluding hydrogens is 767 g/mol. The Balaban J connectivity index is 1.17. The molecule has 5 nitrogen and oxygen atoms in total. The van der Waals surface area contributed by atoms with Crippen LogP contribution in [-0.4, -0.2) is 23.7 Å². The SMILES string of the molecule is c1ccc(-c2cc(-c3cccc4c3c3ccc5c(c6ccccc6n5-c5ccccc5)c3n4-c3ccc4c(c3)c3ccccc3n4-c3ccccc3)nc(-c3ccccc3)n2)cc1. The van der Waals surface area contributed by atoms with Gasteiger partial charge in [-0.1, -0.05) is 152 Å². The van der Waals surface area contributed by atoms with Crippen LogP contribution in [0.2, 0.25) is 0 Å². The second-order valence-electron chi connectivity index (χ2n) is 16.2. The van der Waals surface area contributed by atoms with Gasteiger partial charge in [0.15, 0.2) is 5.82 Å². The molecule has 13 aromatic rings. The van der Waals surface area contributed by atoms with Gasteiger partial charge in [-0.25, -0.2) is 9.97 Å². The summed E-state index contributed by atoms with van der Waals surface area (Å²) in [5.74, 6) is 0.696. The van der Waals surface area contributed by atoms with Crippen molar-refractivity contribution >= 4 is 65.4 Å². The molecule has 0 spiro atoms. The number of aromatic nitrogens is 5. The van der Waals surface area contributed by atoms with E-state index in [4.69, 9.17) is 9.97 Å². The van der Waals surface area contributed by atoms with Crippen LogP contribution in [0.4, 0.5) is 0 Å². The van der Waals surface area contributed by atoms with Gasteiger partial charge < -0.3 is 13.7 Å². The van der Waals surface area contributed by atoms with Gasteiger partial charge in [-0.15, -0.1) is 0 Å². The van der Waals surface area contributed by atoms with E-state index in [2.05, 4.69) is 214 Å². The van der Waals surface area contributed by atoms with Gasteiger partial charge in [-0.2, -0.15) is 0 Å². The van der Waals surface area contributed by atoms with E-state index >= 15 is 0 Å². The number of hydrogen-bond donors (Lipinski definition) is 0. The Labute approximate surface area is 363 Å². The quantitative estimate of drug-likeness (QED) is 0.168. The van der Waals surface area contributed by atoms with Crippen LogP contribution >= 0.6 is 0 Å². The summed E-state index contributed by atoms with van der Waals surface area (Å²) in [6, 6.07) is 80.2. The molecule has 4 heterocycles. The van der Waals surface area contributed by atoms with E-state index in [1.165, 1.54) is 38.1 Å². The van der Waals surface area contributed by atoms with Crippen molar-refractivity contribution in [1.29, 1.82) is 0 Å². The molecule has 0 saturated carbocycles. The van der Waals surface area contributed by atoms with Gasteiger partial charge in [0.25, 0.3) is 0 Å². The maximum absolute atomic E-state index is 5.37. The largest absolute Gasteiger partial charge is 0.309 e. The molecule has 0 aliphatic rings. The fraction of sp³-hybridized carbons (Fsp3) is 0. The van der Waals surface area contributed by atoms with Crippen molar-refractivity contribution in [2.45, 2.75) is 0 Å². The van der Waals surface area contributed by atoms with Crippen LogP contribution in [0.3, 0.4) is 0 Å². The van der Waals surface area contributed by atoms with Crippen molar-refractivity contribution < 1.29 is 0 Å². The minimum atomic E-state index is 0.696. The molecule has 294 valence electrons. The molecule has 0 fully saturated rings. The van der Waals surface area contributed by atoms with Crippen molar-refractivity contribution in [3.63, 3.8) is 0 Å². The van der Waals surface area contributed by atoms with Crippen LogP contribution in [0, 0.1) is 0 Å². The predicted molar refractivity (Wildman–Crippen MR) is 261 cm³/mol. The zero-order valence-corrected chi connectivity index (χ0v) is 34.1. The minimum Gasteiger partial charge on any atom is -0.309 e. The molecule has 0 aliphatic carbocycles. The zero-order chi connectivity index (χ0) is 41.4. The van der Waals surface area contributed by atoms with Crippen LogP contribution in [0.25, 0.3) is 116 Å². The third-order valence-corrected chi connectivity index (χ3v) is 12.6. The molecule has 0 radical (unpaired) electrons. The van der Waals surface area contributed by atoms with Crippen molar-refractivity contribution in [2.24, 2.45) is 0 Å². The summed E-state index contributed by atoms with van der Waals surface area (Å²) >= 11 is 0. The first-order valence-electron chi connectivity index (χ1n) is 21.4. The highest BCUT2D eigenvalue weighted by Gasteiger charge is 2.24. The summed E-state index contributed by atoms with van der Waals surface area (Å²) in [4.78, 5) is 10.5. The van der Waals surface area contributed by atoms with Gasteiger partial charge in [0.2, 0.25) is 0 Å². The monoisotopic (exact) mass is 803 g/mol. The lowest BCUT2D eigenvalue weighted by Gasteiger charge is -2.12. The highest BCUT2D eigenvalue weighted by molar-refractivity contribution is 6.28. The first-order chi connectivity index (χ1) is 31.3. The van der Waals surface area contributed by atoms with Crippen molar-refractivity contribution in [3.05, 3.63) is 224 Å². The molecule has 5 heteroatoms. The third kappa shape index (κ3) is 5.43. The van der Waals surface area contributed by atoms with E-state index in [1.807, 2.05) is 24.3 Å². The van der Waals surface area contributed by atoms with E-state index in [1.54, 1.807) is 0 Å². The van der Waals surface area contributed by atoms with E-state index in [0.29, 0.717) is 5.82 Å². The van der Waals surface area contributed by atoms with Crippen LogP contribution in [0.15, 0.2) is 224 Å². The first kappa shape index (κ1) is 35.2. The lowest BCUT2D eigenvalue weighted by Crippen LogP contribution is -1.97. The summed E-state index contributed by atoms with van der Waals surface area (Å²) in [6.45, 7) is 0. The van der Waals surface area contributed by atoms with E-state index < -0.39 is 0 Å². The van der Waals surface area contributed by atoms with Gasteiger partial charge in [0.1, 0.15) is 0 Å². The topological polar surface area (TPSA) is 40.6 Å². The molecule has 63 heavy (non-hydrogen) atoms. The molecule has 0 amide bonds. The highest BCUT2D eigenvalue weighted by atomic mass is 15.0. The second kappa shape index (κ2) is 14.0. The summed E-state index contributed by atoms with van der Waals surface area (Å²) in [5, 5.41) is 7.14. The Hall–Kier alpha value is -8.54. The van der Waals surface area contributed by atoms with Gasteiger partial charge in [0, 0.05) is 66.1 Å². The smallest absolute Gasteiger partial charge is 0.160 e. The third-order valence-electron chi connectivity index (χ3n) is 12.6. The standard InChI is InChI=1S/C58H37N5/c1-5-18-38(19-6-1)48-37-49(60-58(59-48)39-20-7-2-8-21-39)44-28-17-31-53-55(44)46-33-35-54-56(45-27-14-16-30-51(45)62(54)41-24-11-4-12-25-41)57(46)63(53)42-32-34-52-47(36-42)43-26-13-15-29-50(43)61(52)40-22-9-3-10-23-40/h1-37H. The van der Waals surface area contributed by atoms with Gasteiger partial charge >= 0.3 is 0 Å². The maximum Gasteiger partial charge on any atom is 0.160 e. The number of fused-ring (bicyclic) bond motifs is 10. The fourth-order valence-corrected chi connectivity index (χ4v) is 9.96. The number of rotatable bonds is 6. The Bertz CT molecular complexity index is 3820. The molecule has 9 aromatic carbocycles. The van der Waals surface area contributed by atoms with Crippen LogP contribution < -0.4 is 0 Å². The van der Waals surface area contributed by atoms with E-state index in [9.17, 15) is 0 Å².